The van der Waals surface area contributed by atoms with Crippen LogP contribution in [0.5, 0.6) is 0 Å². The topological polar surface area (TPSA) is 86.8 Å². The van der Waals surface area contributed by atoms with Gasteiger partial charge >= 0.3 is 0 Å². The average Bonchev–Trinajstić information content (AvgIpc) is 2.88. The van der Waals surface area contributed by atoms with Crippen LogP contribution in [0.15, 0.2) is 65.6 Å². The van der Waals surface area contributed by atoms with Gasteiger partial charge in [0.2, 0.25) is 11.8 Å². The fourth-order valence-corrected chi connectivity index (χ4v) is 5.93. The summed E-state index contributed by atoms with van der Waals surface area (Å²) in [4.78, 5) is 28.1. The fraction of sp³-hybridized carbons (Fsp3) is 0.310. The van der Waals surface area contributed by atoms with Crippen LogP contribution in [0.25, 0.3) is 0 Å². The molecule has 1 atom stereocenters. The van der Waals surface area contributed by atoms with Crippen LogP contribution in [0.3, 0.4) is 0 Å². The Bertz CT molecular complexity index is 1440. The molecular formula is C29H33Cl2N3O4S. The van der Waals surface area contributed by atoms with Crippen molar-refractivity contribution in [2.75, 3.05) is 17.4 Å². The minimum atomic E-state index is -4.14. The van der Waals surface area contributed by atoms with E-state index >= 15 is 0 Å². The van der Waals surface area contributed by atoms with Gasteiger partial charge in [-0.25, -0.2) is 8.42 Å². The molecule has 0 saturated carbocycles. The molecule has 2 amide bonds. The van der Waals surface area contributed by atoms with Crippen LogP contribution in [0.1, 0.15) is 36.1 Å². The van der Waals surface area contributed by atoms with Crippen molar-refractivity contribution in [1.82, 2.24) is 10.2 Å². The molecule has 3 aromatic carbocycles. The van der Waals surface area contributed by atoms with E-state index < -0.39 is 28.5 Å². The summed E-state index contributed by atoms with van der Waals surface area (Å²) in [7, 11) is -4.14. The van der Waals surface area contributed by atoms with Gasteiger partial charge in [-0.1, -0.05) is 53.0 Å². The Balaban J connectivity index is 2.09. The molecule has 0 aliphatic heterocycles. The predicted octanol–water partition coefficient (Wildman–Crippen LogP) is 5.67. The number of amides is 2. The molecule has 39 heavy (non-hydrogen) atoms. The molecule has 7 nitrogen and oxygen atoms in total. The fourth-order valence-electron chi connectivity index (χ4n) is 4.01. The van der Waals surface area contributed by atoms with Crippen molar-refractivity contribution < 1.29 is 18.0 Å². The summed E-state index contributed by atoms with van der Waals surface area (Å²) < 4.78 is 28.9. The van der Waals surface area contributed by atoms with Crippen molar-refractivity contribution in [2.24, 2.45) is 0 Å². The second-order valence-electron chi connectivity index (χ2n) is 9.39. The van der Waals surface area contributed by atoms with Crippen LogP contribution in [0.4, 0.5) is 5.69 Å². The number of carbonyl (C=O) groups excluding carboxylic acids is 2. The maximum absolute atomic E-state index is 13.9. The minimum absolute atomic E-state index is 0.0524. The number of benzene rings is 3. The highest BCUT2D eigenvalue weighted by atomic mass is 35.5. The average molecular weight is 591 g/mol. The Hall–Kier alpha value is -3.07. The molecule has 0 fully saturated rings. The van der Waals surface area contributed by atoms with Crippen molar-refractivity contribution in [3.05, 3.63) is 93.0 Å². The molecule has 0 aliphatic rings. The molecule has 0 saturated heterocycles. The highest BCUT2D eigenvalue weighted by Crippen LogP contribution is 2.29. The summed E-state index contributed by atoms with van der Waals surface area (Å²) in [5, 5.41) is 3.39. The number of sulfonamides is 1. The van der Waals surface area contributed by atoms with Gasteiger partial charge in [0.05, 0.1) is 10.6 Å². The van der Waals surface area contributed by atoms with Crippen molar-refractivity contribution >= 4 is 50.7 Å². The Morgan fingerprint density at radius 1 is 0.923 bits per heavy atom. The molecule has 3 aromatic rings. The molecule has 0 aliphatic carbocycles. The van der Waals surface area contributed by atoms with Crippen LogP contribution < -0.4 is 9.62 Å². The number of carbonyl (C=O) groups is 2. The molecule has 0 radical (unpaired) electrons. The Kier molecular flexibility index (Phi) is 10.0. The standard InChI is InChI=1S/C29H33Cl2N3O4S/c1-6-32-29(36)22(5)33(17-25-26(30)8-7-9-27(25)31)28(35)18-34(23-13-12-20(3)21(4)16-23)39(37,38)24-14-10-19(2)11-15-24/h7-16,22H,6,17-18H2,1-5H3,(H,32,36)/t22-/m1/s1. The SMILES string of the molecule is CCNC(=O)[C@@H](C)N(Cc1c(Cl)cccc1Cl)C(=O)CN(c1ccc(C)c(C)c1)S(=O)(=O)c1ccc(C)cc1. The Morgan fingerprint density at radius 3 is 2.10 bits per heavy atom. The van der Waals surface area contributed by atoms with E-state index in [-0.39, 0.29) is 17.3 Å². The van der Waals surface area contributed by atoms with Crippen LogP contribution in [0.2, 0.25) is 10.0 Å². The van der Waals surface area contributed by atoms with E-state index in [0.29, 0.717) is 27.8 Å². The van der Waals surface area contributed by atoms with E-state index in [9.17, 15) is 18.0 Å². The zero-order chi connectivity index (χ0) is 28.9. The molecule has 0 spiro atoms. The van der Waals surface area contributed by atoms with Crippen molar-refractivity contribution in [1.29, 1.82) is 0 Å². The van der Waals surface area contributed by atoms with Crippen LogP contribution >= 0.6 is 23.2 Å². The first-order valence-corrected chi connectivity index (χ1v) is 14.7. The van der Waals surface area contributed by atoms with E-state index in [0.717, 1.165) is 21.0 Å². The lowest BCUT2D eigenvalue weighted by Crippen LogP contribution is -2.51. The number of nitrogens with one attached hydrogen (secondary N) is 1. The first-order chi connectivity index (χ1) is 18.4. The summed E-state index contributed by atoms with van der Waals surface area (Å²) in [5.74, 6) is -0.966. The third-order valence-electron chi connectivity index (χ3n) is 6.57. The second kappa shape index (κ2) is 12.9. The van der Waals surface area contributed by atoms with Crippen molar-refractivity contribution in [3.8, 4) is 0 Å². The van der Waals surface area contributed by atoms with Gasteiger partial charge in [0.1, 0.15) is 12.6 Å². The lowest BCUT2D eigenvalue weighted by molar-refractivity contribution is -0.139. The monoisotopic (exact) mass is 589 g/mol. The molecule has 0 bridgehead atoms. The highest BCUT2D eigenvalue weighted by Gasteiger charge is 2.33. The van der Waals surface area contributed by atoms with E-state index in [1.165, 1.54) is 17.0 Å². The summed E-state index contributed by atoms with van der Waals surface area (Å²) in [5.41, 5.74) is 3.57. The predicted molar refractivity (Wildman–Crippen MR) is 157 cm³/mol. The van der Waals surface area contributed by atoms with Gasteiger partial charge in [-0.3, -0.25) is 13.9 Å². The third-order valence-corrected chi connectivity index (χ3v) is 9.07. The lowest BCUT2D eigenvalue weighted by Gasteiger charge is -2.32. The smallest absolute Gasteiger partial charge is 0.264 e. The minimum Gasteiger partial charge on any atom is -0.355 e. The number of halogens is 2. The summed E-state index contributed by atoms with van der Waals surface area (Å²) >= 11 is 12.8. The molecule has 208 valence electrons. The lowest BCUT2D eigenvalue weighted by atomic mass is 10.1. The number of hydrogen-bond donors (Lipinski definition) is 1. The quantitative estimate of drug-likeness (QED) is 0.330. The van der Waals surface area contributed by atoms with E-state index in [1.807, 2.05) is 26.8 Å². The largest absolute Gasteiger partial charge is 0.355 e. The zero-order valence-electron chi connectivity index (χ0n) is 22.7. The zero-order valence-corrected chi connectivity index (χ0v) is 25.0. The number of anilines is 1. The number of rotatable bonds is 10. The third kappa shape index (κ3) is 7.12. The molecule has 3 rings (SSSR count). The van der Waals surface area contributed by atoms with Crippen LogP contribution in [-0.2, 0) is 26.2 Å². The van der Waals surface area contributed by atoms with Gasteiger partial charge < -0.3 is 10.2 Å². The first kappa shape index (κ1) is 30.5. The molecule has 10 heteroatoms. The number of aryl methyl sites for hydroxylation is 3. The maximum Gasteiger partial charge on any atom is 0.264 e. The van der Waals surface area contributed by atoms with Gasteiger partial charge in [-0.2, -0.15) is 0 Å². The Morgan fingerprint density at radius 2 is 1.54 bits per heavy atom. The number of nitrogens with zero attached hydrogens (tertiary/aromatic N) is 2. The van der Waals surface area contributed by atoms with Crippen LogP contribution in [0, 0.1) is 20.8 Å². The molecular weight excluding hydrogens is 557 g/mol. The molecule has 1 N–H and O–H groups in total. The normalized spacial score (nSPS) is 12.1. The van der Waals surface area contributed by atoms with Gasteiger partial charge in [-0.05, 0) is 82.1 Å². The van der Waals surface area contributed by atoms with E-state index in [1.54, 1.807) is 56.3 Å². The van der Waals surface area contributed by atoms with Crippen molar-refractivity contribution in [3.63, 3.8) is 0 Å². The summed E-state index contributed by atoms with van der Waals surface area (Å²) in [6.45, 7) is 8.77. The summed E-state index contributed by atoms with van der Waals surface area (Å²) in [6.07, 6.45) is 0. The maximum atomic E-state index is 13.9. The van der Waals surface area contributed by atoms with Gasteiger partial charge in [0.25, 0.3) is 10.0 Å². The molecule has 0 aromatic heterocycles. The summed E-state index contributed by atoms with van der Waals surface area (Å²) in [6, 6.07) is 15.7. The highest BCUT2D eigenvalue weighted by molar-refractivity contribution is 7.92. The van der Waals surface area contributed by atoms with Crippen molar-refractivity contribution in [2.45, 2.75) is 52.1 Å². The van der Waals surface area contributed by atoms with Gasteiger partial charge in [0, 0.05) is 28.7 Å². The van der Waals surface area contributed by atoms with Gasteiger partial charge in [0.15, 0.2) is 0 Å². The first-order valence-electron chi connectivity index (χ1n) is 12.5. The van der Waals surface area contributed by atoms with E-state index in [4.69, 9.17) is 23.2 Å². The van der Waals surface area contributed by atoms with Gasteiger partial charge in [-0.15, -0.1) is 0 Å². The molecule has 0 unspecified atom stereocenters. The Labute approximate surface area is 240 Å². The number of hydrogen-bond acceptors (Lipinski definition) is 4. The molecule has 0 heterocycles. The second-order valence-corrected chi connectivity index (χ2v) is 12.1. The van der Waals surface area contributed by atoms with Crippen LogP contribution in [-0.4, -0.2) is 44.3 Å². The van der Waals surface area contributed by atoms with E-state index in [2.05, 4.69) is 5.32 Å². The number of likely N-dealkylation sites (N-methyl/N-ethyl adjacent to an activating group) is 1.